The Bertz CT molecular complexity index is 1230. The van der Waals surface area contributed by atoms with Gasteiger partial charge in [0.1, 0.15) is 5.75 Å². The number of methoxy groups -OCH3 is 1. The number of amides is 1. The van der Waals surface area contributed by atoms with Gasteiger partial charge < -0.3 is 14.8 Å². The van der Waals surface area contributed by atoms with E-state index >= 15 is 0 Å². The first kappa shape index (κ1) is 25.3. The van der Waals surface area contributed by atoms with Crippen molar-refractivity contribution in [3.05, 3.63) is 18.2 Å². The lowest BCUT2D eigenvalue weighted by Gasteiger charge is -2.26. The third-order valence-corrected chi connectivity index (χ3v) is 9.03. The van der Waals surface area contributed by atoms with E-state index < -0.39 is 29.8 Å². The van der Waals surface area contributed by atoms with Crippen LogP contribution < -0.4 is 14.8 Å². The molecule has 0 bridgehead atoms. The Morgan fingerprint density at radius 2 is 1.82 bits per heavy atom. The van der Waals surface area contributed by atoms with Crippen molar-refractivity contribution in [2.75, 3.05) is 43.5 Å². The maximum Gasteiger partial charge on any atom is 0.291 e. The van der Waals surface area contributed by atoms with Crippen molar-refractivity contribution < 1.29 is 31.1 Å². The molecule has 1 aromatic carbocycles. The van der Waals surface area contributed by atoms with Gasteiger partial charge in [0.05, 0.1) is 30.9 Å². The number of sulfonamides is 2. The Hall–Kier alpha value is -2.33. The predicted molar refractivity (Wildman–Crippen MR) is 121 cm³/mol. The largest absolute Gasteiger partial charge is 0.495 e. The number of carbonyl (C=O) groups is 1. The second-order valence-corrected chi connectivity index (χ2v) is 12.8. The quantitative estimate of drug-likeness (QED) is 0.515. The summed E-state index contributed by atoms with van der Waals surface area (Å²) in [7, 11) is -6.78. The minimum atomic E-state index is -4.25. The van der Waals surface area contributed by atoms with Crippen LogP contribution in [0.15, 0.2) is 27.4 Å². The molecule has 1 fully saturated rings. The molecule has 3 rings (SSSR count). The molecule has 0 unspecified atom stereocenters. The molecule has 1 aromatic heterocycles. The molecule has 2 N–H and O–H groups in total. The van der Waals surface area contributed by atoms with Crippen molar-refractivity contribution in [2.24, 2.45) is 5.41 Å². The zero-order chi connectivity index (χ0) is 24.4. The molecule has 1 aliphatic heterocycles. The summed E-state index contributed by atoms with van der Waals surface area (Å²) in [5.74, 6) is -0.233. The lowest BCUT2D eigenvalue weighted by Crippen LogP contribution is -2.40. The number of anilines is 2. The third-order valence-electron chi connectivity index (χ3n) is 4.56. The van der Waals surface area contributed by atoms with E-state index in [1.807, 2.05) is 0 Å². The number of nitrogens with one attached hydrogen (secondary N) is 2. The number of carbonyl (C=O) groups excluding carboxylic acids is 1. The van der Waals surface area contributed by atoms with Crippen molar-refractivity contribution >= 4 is 48.1 Å². The van der Waals surface area contributed by atoms with Crippen molar-refractivity contribution in [1.29, 1.82) is 0 Å². The molecule has 0 spiro atoms. The molecule has 12 nitrogen and oxygen atoms in total. The summed E-state index contributed by atoms with van der Waals surface area (Å²) in [4.78, 5) is 12.0. The molecule has 1 amide bonds. The van der Waals surface area contributed by atoms with Crippen LogP contribution in [-0.2, 0) is 29.6 Å². The lowest BCUT2D eigenvalue weighted by atomic mass is 9.96. The molecule has 33 heavy (non-hydrogen) atoms. The van der Waals surface area contributed by atoms with Crippen molar-refractivity contribution in [1.82, 2.24) is 14.5 Å². The van der Waals surface area contributed by atoms with Crippen LogP contribution in [0, 0.1) is 5.41 Å². The molecule has 0 aliphatic carbocycles. The molecule has 2 aromatic rings. The topological polar surface area (TPSA) is 157 Å². The molecule has 0 atom stereocenters. The van der Waals surface area contributed by atoms with E-state index in [9.17, 15) is 21.6 Å². The number of rotatable bonds is 7. The lowest BCUT2D eigenvalue weighted by molar-refractivity contribution is -0.123. The van der Waals surface area contributed by atoms with E-state index in [2.05, 4.69) is 20.2 Å². The Labute approximate surface area is 196 Å². The van der Waals surface area contributed by atoms with Gasteiger partial charge in [0, 0.05) is 18.5 Å². The molecule has 1 aliphatic rings. The Kier molecular flexibility index (Phi) is 7.28. The van der Waals surface area contributed by atoms with E-state index in [1.165, 1.54) is 29.6 Å². The minimum Gasteiger partial charge on any atom is -0.495 e. The highest BCUT2D eigenvalue weighted by Crippen LogP contribution is 2.32. The van der Waals surface area contributed by atoms with Crippen LogP contribution in [0.4, 0.5) is 10.8 Å². The minimum absolute atomic E-state index is 0.0194. The summed E-state index contributed by atoms with van der Waals surface area (Å²) in [6, 6.07) is 3.89. The number of nitrogens with zero attached hydrogens (tertiary/aromatic N) is 3. The van der Waals surface area contributed by atoms with Gasteiger partial charge in [-0.25, -0.2) is 8.42 Å². The van der Waals surface area contributed by atoms with Gasteiger partial charge in [0.15, 0.2) is 0 Å². The van der Waals surface area contributed by atoms with Gasteiger partial charge in [-0.05, 0) is 18.2 Å². The van der Waals surface area contributed by atoms with Crippen LogP contribution in [0.2, 0.25) is 0 Å². The number of ether oxygens (including phenoxy) is 2. The molecular formula is C18H25N5O7S3. The van der Waals surface area contributed by atoms with Crippen LogP contribution in [0.3, 0.4) is 0 Å². The second-order valence-electron chi connectivity index (χ2n) is 8.06. The summed E-state index contributed by atoms with van der Waals surface area (Å²) >= 11 is 0.664. The Balaban J connectivity index is 1.87. The monoisotopic (exact) mass is 519 g/mol. The molecule has 15 heteroatoms. The van der Waals surface area contributed by atoms with Gasteiger partial charge in [0.2, 0.25) is 21.1 Å². The average Bonchev–Trinajstić information content (AvgIpc) is 3.23. The number of hydrogen-bond acceptors (Lipinski definition) is 10. The molecule has 0 radical (unpaired) electrons. The van der Waals surface area contributed by atoms with E-state index in [0.717, 1.165) is 0 Å². The van der Waals surface area contributed by atoms with Crippen molar-refractivity contribution in [3.63, 3.8) is 0 Å². The van der Waals surface area contributed by atoms with Crippen LogP contribution in [-0.4, -0.2) is 70.7 Å². The highest BCUT2D eigenvalue weighted by molar-refractivity contribution is 7.94. The van der Waals surface area contributed by atoms with Gasteiger partial charge in [-0.3, -0.25) is 9.52 Å². The van der Waals surface area contributed by atoms with Crippen LogP contribution >= 0.6 is 11.3 Å². The zero-order valence-electron chi connectivity index (χ0n) is 18.5. The number of morpholine rings is 1. The first-order valence-corrected chi connectivity index (χ1v) is 13.5. The summed E-state index contributed by atoms with van der Waals surface area (Å²) < 4.78 is 65.2. The summed E-state index contributed by atoms with van der Waals surface area (Å²) in [5, 5.41) is 9.89. The fraction of sp³-hybridized carbons (Fsp3) is 0.500. The van der Waals surface area contributed by atoms with Gasteiger partial charge in [0.25, 0.3) is 14.4 Å². The van der Waals surface area contributed by atoms with Crippen molar-refractivity contribution in [3.8, 4) is 5.75 Å². The van der Waals surface area contributed by atoms with E-state index in [4.69, 9.17) is 9.47 Å². The van der Waals surface area contributed by atoms with E-state index in [0.29, 0.717) is 11.3 Å². The zero-order valence-corrected chi connectivity index (χ0v) is 20.9. The standard InChI is InChI=1S/C18H25N5O7S3/c1-18(2,3)15(24)19-16-20-21-17(31-16)32(25,26)22-13-11-12(5-6-14(13)29-4)33(27,28)23-7-9-30-10-8-23/h5-6,11,22H,7-10H2,1-4H3,(H,19,20,24). The fourth-order valence-electron chi connectivity index (χ4n) is 2.71. The Morgan fingerprint density at radius 1 is 1.15 bits per heavy atom. The Morgan fingerprint density at radius 3 is 2.42 bits per heavy atom. The third kappa shape index (κ3) is 5.78. The van der Waals surface area contributed by atoms with E-state index in [-0.39, 0.29) is 53.7 Å². The van der Waals surface area contributed by atoms with Crippen molar-refractivity contribution in [2.45, 2.75) is 30.0 Å². The smallest absolute Gasteiger partial charge is 0.291 e. The van der Waals surface area contributed by atoms with Crippen LogP contribution in [0.1, 0.15) is 20.8 Å². The number of hydrogen-bond donors (Lipinski definition) is 2. The second kappa shape index (κ2) is 9.50. The predicted octanol–water partition coefficient (Wildman–Crippen LogP) is 1.35. The van der Waals surface area contributed by atoms with Gasteiger partial charge in [-0.2, -0.15) is 12.7 Å². The summed E-state index contributed by atoms with van der Waals surface area (Å²) in [6.07, 6.45) is 0. The molecule has 182 valence electrons. The van der Waals surface area contributed by atoms with Gasteiger partial charge in [-0.1, -0.05) is 32.1 Å². The molecule has 1 saturated heterocycles. The molecule has 2 heterocycles. The maximum absolute atomic E-state index is 13.0. The first-order chi connectivity index (χ1) is 15.3. The van der Waals surface area contributed by atoms with Gasteiger partial charge in [-0.15, -0.1) is 10.2 Å². The van der Waals surface area contributed by atoms with E-state index in [1.54, 1.807) is 20.8 Å². The van der Waals surface area contributed by atoms with Crippen LogP contribution in [0.25, 0.3) is 0 Å². The highest BCUT2D eigenvalue weighted by atomic mass is 32.2. The number of benzene rings is 1. The summed E-state index contributed by atoms with van der Waals surface area (Å²) in [5.41, 5.74) is -0.787. The van der Waals surface area contributed by atoms with Crippen LogP contribution in [0.5, 0.6) is 5.75 Å². The normalized spacial score (nSPS) is 15.8. The fourth-order valence-corrected chi connectivity index (χ4v) is 6.10. The number of aromatic nitrogens is 2. The van der Waals surface area contributed by atoms with Gasteiger partial charge >= 0.3 is 0 Å². The average molecular weight is 520 g/mol. The molecule has 0 saturated carbocycles. The first-order valence-electron chi connectivity index (χ1n) is 9.78. The highest BCUT2D eigenvalue weighted by Gasteiger charge is 2.29. The SMILES string of the molecule is COc1ccc(S(=O)(=O)N2CCOCC2)cc1NS(=O)(=O)c1nnc(NC(=O)C(C)(C)C)s1. The maximum atomic E-state index is 13.0. The molecular weight excluding hydrogens is 494 g/mol. The summed E-state index contributed by atoms with van der Waals surface area (Å²) in [6.45, 7) is 6.05.